The number of hydrogen-bond acceptors (Lipinski definition) is 5. The first-order chi connectivity index (χ1) is 11.1. The zero-order valence-corrected chi connectivity index (χ0v) is 11.9. The number of rotatable bonds is 4. The number of anilines is 1. The van der Waals surface area contributed by atoms with Crippen LogP contribution in [0.3, 0.4) is 0 Å². The Morgan fingerprint density at radius 1 is 1.22 bits per heavy atom. The van der Waals surface area contributed by atoms with Gasteiger partial charge in [0, 0.05) is 36.1 Å². The summed E-state index contributed by atoms with van der Waals surface area (Å²) in [4.78, 5) is 14.5. The van der Waals surface area contributed by atoms with Crippen LogP contribution in [-0.2, 0) is 6.54 Å². The first kappa shape index (κ1) is 14.7. The average Bonchev–Trinajstić information content (AvgIpc) is 2.55. The Morgan fingerprint density at radius 2 is 2.04 bits per heavy atom. The zero-order chi connectivity index (χ0) is 16.4. The molecule has 1 aromatic heterocycles. The van der Waals surface area contributed by atoms with Gasteiger partial charge in [-0.05, 0) is 29.8 Å². The number of phenols is 1. The van der Waals surface area contributed by atoms with Crippen LogP contribution in [0, 0.1) is 15.9 Å². The van der Waals surface area contributed by atoms with E-state index in [0.717, 1.165) is 0 Å². The van der Waals surface area contributed by atoms with Crippen molar-refractivity contribution in [2.24, 2.45) is 0 Å². The maximum atomic E-state index is 13.3. The lowest BCUT2D eigenvalue weighted by atomic mass is 10.1. The summed E-state index contributed by atoms with van der Waals surface area (Å²) >= 11 is 0. The van der Waals surface area contributed by atoms with E-state index in [1.165, 1.54) is 24.4 Å². The van der Waals surface area contributed by atoms with Crippen LogP contribution in [0.5, 0.6) is 5.75 Å². The minimum atomic E-state index is -0.693. The molecule has 116 valence electrons. The smallest absolute Gasteiger partial charge is 0.278 e. The molecule has 7 heteroatoms. The van der Waals surface area contributed by atoms with E-state index in [9.17, 15) is 19.6 Å². The fourth-order valence-corrected chi connectivity index (χ4v) is 2.35. The summed E-state index contributed by atoms with van der Waals surface area (Å²) < 4.78 is 13.3. The van der Waals surface area contributed by atoms with Gasteiger partial charge in [0.15, 0.2) is 11.6 Å². The molecule has 0 spiro atoms. The van der Waals surface area contributed by atoms with Crippen LogP contribution in [0.25, 0.3) is 10.8 Å². The van der Waals surface area contributed by atoms with Gasteiger partial charge in [0.1, 0.15) is 0 Å². The second-order valence-corrected chi connectivity index (χ2v) is 4.95. The van der Waals surface area contributed by atoms with Gasteiger partial charge in [0.2, 0.25) is 0 Å². The van der Waals surface area contributed by atoms with Crippen LogP contribution >= 0.6 is 0 Å². The van der Waals surface area contributed by atoms with Crippen molar-refractivity contribution in [1.82, 2.24) is 4.98 Å². The molecule has 0 unspecified atom stereocenters. The third kappa shape index (κ3) is 2.89. The van der Waals surface area contributed by atoms with Gasteiger partial charge in [0.25, 0.3) is 5.69 Å². The molecular weight excluding hydrogens is 301 g/mol. The number of nitro benzene ring substituents is 1. The highest BCUT2D eigenvalue weighted by Crippen LogP contribution is 2.31. The molecule has 0 fully saturated rings. The van der Waals surface area contributed by atoms with Crippen LogP contribution in [-0.4, -0.2) is 15.0 Å². The SMILES string of the molecule is O=[N+]([O-])c1ccc(NCc2ccc(O)c(F)c2)c2ccncc12. The van der Waals surface area contributed by atoms with Crippen molar-refractivity contribution in [2.45, 2.75) is 6.54 Å². The minimum absolute atomic E-state index is 0.0191. The Morgan fingerprint density at radius 3 is 2.78 bits per heavy atom. The van der Waals surface area contributed by atoms with Crippen LogP contribution < -0.4 is 5.32 Å². The number of halogens is 1. The van der Waals surface area contributed by atoms with Crippen LogP contribution in [0.4, 0.5) is 15.8 Å². The van der Waals surface area contributed by atoms with Gasteiger partial charge in [-0.2, -0.15) is 0 Å². The van der Waals surface area contributed by atoms with E-state index in [1.54, 1.807) is 24.4 Å². The summed E-state index contributed by atoms with van der Waals surface area (Å²) in [6.07, 6.45) is 3.00. The van der Waals surface area contributed by atoms with E-state index in [4.69, 9.17) is 0 Å². The van der Waals surface area contributed by atoms with Gasteiger partial charge in [-0.1, -0.05) is 6.07 Å². The molecule has 0 radical (unpaired) electrons. The number of benzene rings is 2. The molecule has 0 bridgehead atoms. The topological polar surface area (TPSA) is 88.3 Å². The Balaban J connectivity index is 1.93. The molecule has 0 aliphatic heterocycles. The monoisotopic (exact) mass is 313 g/mol. The van der Waals surface area contributed by atoms with Crippen molar-refractivity contribution >= 4 is 22.1 Å². The molecule has 3 aromatic rings. The second kappa shape index (κ2) is 5.88. The molecule has 2 N–H and O–H groups in total. The van der Waals surface area contributed by atoms with Gasteiger partial charge < -0.3 is 10.4 Å². The Hall–Kier alpha value is -3.22. The largest absolute Gasteiger partial charge is 0.505 e. The number of non-ortho nitro benzene ring substituents is 1. The highest BCUT2D eigenvalue weighted by molar-refractivity contribution is 5.99. The molecule has 1 heterocycles. The number of pyridine rings is 1. The summed E-state index contributed by atoms with van der Waals surface area (Å²) in [5, 5.41) is 24.5. The van der Waals surface area contributed by atoms with E-state index in [1.807, 2.05) is 0 Å². The van der Waals surface area contributed by atoms with E-state index in [2.05, 4.69) is 10.3 Å². The number of nitro groups is 1. The van der Waals surface area contributed by atoms with Crippen molar-refractivity contribution in [3.8, 4) is 5.75 Å². The molecule has 6 nitrogen and oxygen atoms in total. The van der Waals surface area contributed by atoms with Crippen molar-refractivity contribution in [1.29, 1.82) is 0 Å². The minimum Gasteiger partial charge on any atom is -0.505 e. The van der Waals surface area contributed by atoms with Crippen molar-refractivity contribution in [3.63, 3.8) is 0 Å². The lowest BCUT2D eigenvalue weighted by Crippen LogP contribution is -2.01. The first-order valence-corrected chi connectivity index (χ1v) is 6.78. The molecule has 0 atom stereocenters. The van der Waals surface area contributed by atoms with E-state index >= 15 is 0 Å². The fourth-order valence-electron chi connectivity index (χ4n) is 2.35. The number of nitrogens with zero attached hydrogens (tertiary/aromatic N) is 2. The molecule has 3 rings (SSSR count). The summed E-state index contributed by atoms with van der Waals surface area (Å²) in [7, 11) is 0. The molecule has 23 heavy (non-hydrogen) atoms. The lowest BCUT2D eigenvalue weighted by molar-refractivity contribution is -0.383. The van der Waals surface area contributed by atoms with E-state index in [-0.39, 0.29) is 5.69 Å². The number of hydrogen-bond donors (Lipinski definition) is 2. The van der Waals surface area contributed by atoms with Gasteiger partial charge in [-0.25, -0.2) is 4.39 Å². The summed E-state index contributed by atoms with van der Waals surface area (Å²) in [6, 6.07) is 8.81. The van der Waals surface area contributed by atoms with Gasteiger partial charge in [-0.15, -0.1) is 0 Å². The fraction of sp³-hybridized carbons (Fsp3) is 0.0625. The highest BCUT2D eigenvalue weighted by atomic mass is 19.1. The number of phenolic OH excluding ortho intramolecular Hbond substituents is 1. The molecule has 0 aliphatic carbocycles. The summed E-state index contributed by atoms with van der Waals surface area (Å²) in [5.41, 5.74) is 1.30. The second-order valence-electron chi connectivity index (χ2n) is 4.95. The first-order valence-electron chi connectivity index (χ1n) is 6.78. The summed E-state index contributed by atoms with van der Waals surface area (Å²) in [6.45, 7) is 0.312. The third-order valence-corrected chi connectivity index (χ3v) is 3.49. The average molecular weight is 313 g/mol. The number of nitrogens with one attached hydrogen (secondary N) is 1. The molecule has 0 saturated heterocycles. The number of aromatic hydroxyl groups is 1. The number of aromatic nitrogens is 1. The maximum Gasteiger partial charge on any atom is 0.278 e. The van der Waals surface area contributed by atoms with E-state index < -0.39 is 16.5 Å². The van der Waals surface area contributed by atoms with Crippen molar-refractivity contribution < 1.29 is 14.4 Å². The zero-order valence-electron chi connectivity index (χ0n) is 11.9. The van der Waals surface area contributed by atoms with Crippen molar-refractivity contribution in [2.75, 3.05) is 5.32 Å². The summed E-state index contributed by atoms with van der Waals surface area (Å²) in [5.74, 6) is -1.09. The predicted octanol–water partition coefficient (Wildman–Crippen LogP) is 3.60. The standard InChI is InChI=1S/C16H12FN3O3/c17-13-7-10(1-4-16(13)21)8-19-14-2-3-15(20(22)23)12-9-18-6-5-11(12)14/h1-7,9,19,21H,8H2. The normalized spacial score (nSPS) is 10.7. The molecule has 0 saturated carbocycles. The number of fused-ring (bicyclic) bond motifs is 1. The van der Waals surface area contributed by atoms with Gasteiger partial charge >= 0.3 is 0 Å². The molecular formula is C16H12FN3O3. The van der Waals surface area contributed by atoms with Crippen LogP contribution in [0.15, 0.2) is 48.8 Å². The Labute approximate surface area is 130 Å². The quantitative estimate of drug-likeness (QED) is 0.567. The van der Waals surface area contributed by atoms with Crippen LogP contribution in [0.2, 0.25) is 0 Å². The van der Waals surface area contributed by atoms with Crippen molar-refractivity contribution in [3.05, 3.63) is 70.3 Å². The van der Waals surface area contributed by atoms with Gasteiger partial charge in [0.05, 0.1) is 10.3 Å². The van der Waals surface area contributed by atoms with Crippen LogP contribution in [0.1, 0.15) is 5.56 Å². The molecule has 0 aliphatic rings. The Bertz CT molecular complexity index is 899. The third-order valence-electron chi connectivity index (χ3n) is 3.49. The van der Waals surface area contributed by atoms with Gasteiger partial charge in [-0.3, -0.25) is 15.1 Å². The van der Waals surface area contributed by atoms with E-state index in [0.29, 0.717) is 28.6 Å². The molecule has 2 aromatic carbocycles. The maximum absolute atomic E-state index is 13.3. The predicted molar refractivity (Wildman–Crippen MR) is 83.8 cm³/mol. The Kier molecular flexibility index (Phi) is 3.76. The highest BCUT2D eigenvalue weighted by Gasteiger charge is 2.14. The molecule has 0 amide bonds. The lowest BCUT2D eigenvalue weighted by Gasteiger charge is -2.10.